The van der Waals surface area contributed by atoms with Gasteiger partial charge in [-0.25, -0.2) is 9.97 Å². The normalized spacial score (nSPS) is 20.8. The Labute approximate surface area is 119 Å². The average Bonchev–Trinajstić information content (AvgIpc) is 2.33. The summed E-state index contributed by atoms with van der Waals surface area (Å²) < 4.78 is 6.65. The molecule has 2 rings (SSSR count). The van der Waals surface area contributed by atoms with Gasteiger partial charge in [-0.1, -0.05) is 13.8 Å². The minimum Gasteiger partial charge on any atom is -0.383 e. The molecule has 1 fully saturated rings. The first kappa shape index (κ1) is 13.4. The second kappa shape index (κ2) is 5.71. The van der Waals surface area contributed by atoms with Crippen molar-refractivity contribution in [1.82, 2.24) is 9.97 Å². The number of hydrogen-bond acceptors (Lipinski definition) is 5. The van der Waals surface area contributed by atoms with E-state index in [0.29, 0.717) is 11.7 Å². The molecular formula is C11H16IN3OS. The predicted octanol–water partition coefficient (Wildman–Crippen LogP) is 2.59. The van der Waals surface area contributed by atoms with Crippen molar-refractivity contribution in [2.45, 2.75) is 25.9 Å². The van der Waals surface area contributed by atoms with Crippen LogP contribution in [0.25, 0.3) is 0 Å². The van der Waals surface area contributed by atoms with Crippen LogP contribution < -0.4 is 5.73 Å². The third-order valence-corrected chi connectivity index (χ3v) is 4.67. The lowest BCUT2D eigenvalue weighted by atomic mass is 10.1. The van der Waals surface area contributed by atoms with E-state index in [0.717, 1.165) is 33.2 Å². The molecule has 17 heavy (non-hydrogen) atoms. The first-order chi connectivity index (χ1) is 8.09. The molecule has 1 atom stereocenters. The largest absolute Gasteiger partial charge is 0.383 e. The number of ether oxygens (including phenoxy) is 1. The van der Waals surface area contributed by atoms with Gasteiger partial charge in [0.1, 0.15) is 11.9 Å². The summed E-state index contributed by atoms with van der Waals surface area (Å²) in [4.78, 5) is 8.98. The highest BCUT2D eigenvalue weighted by atomic mass is 127. The molecule has 2 heterocycles. The van der Waals surface area contributed by atoms with E-state index in [1.807, 2.05) is 11.8 Å². The molecule has 0 amide bonds. The molecule has 1 aliphatic rings. The maximum Gasteiger partial charge on any atom is 0.160 e. The molecule has 1 aromatic heterocycles. The maximum atomic E-state index is 5.94. The number of nitrogens with zero attached hydrogens (tertiary/aromatic N) is 2. The van der Waals surface area contributed by atoms with Crippen LogP contribution in [0.2, 0.25) is 0 Å². The number of nitrogens with two attached hydrogens (primary N) is 1. The van der Waals surface area contributed by atoms with E-state index < -0.39 is 0 Å². The van der Waals surface area contributed by atoms with E-state index in [2.05, 4.69) is 46.4 Å². The average molecular weight is 365 g/mol. The SMILES string of the molecule is CC(C)c1nc(C2CSCCO2)nc(N)c1I. The molecule has 6 heteroatoms. The minimum absolute atomic E-state index is 0.00875. The third-order valence-electron chi connectivity index (χ3n) is 2.57. The Morgan fingerprint density at radius 2 is 2.24 bits per heavy atom. The number of halogens is 1. The number of aromatic nitrogens is 2. The molecule has 2 N–H and O–H groups in total. The molecule has 0 saturated carbocycles. The highest BCUT2D eigenvalue weighted by Gasteiger charge is 2.22. The van der Waals surface area contributed by atoms with Crippen molar-refractivity contribution in [2.75, 3.05) is 23.8 Å². The lowest BCUT2D eigenvalue weighted by Gasteiger charge is -2.22. The Hall–Kier alpha value is -0.0800. The number of rotatable bonds is 2. The predicted molar refractivity (Wildman–Crippen MR) is 79.3 cm³/mol. The fraction of sp³-hybridized carbons (Fsp3) is 0.636. The second-order valence-corrected chi connectivity index (χ2v) is 6.48. The monoisotopic (exact) mass is 365 g/mol. The molecule has 4 nitrogen and oxygen atoms in total. The molecule has 1 aliphatic heterocycles. The molecule has 1 saturated heterocycles. The standard InChI is InChI=1S/C11H16IN3OS/c1-6(2)9-8(12)10(13)15-11(14-9)7-5-17-4-3-16-7/h6-7H,3-5H2,1-2H3,(H2,13,14,15). The first-order valence-electron chi connectivity index (χ1n) is 5.61. The van der Waals surface area contributed by atoms with Crippen molar-refractivity contribution in [2.24, 2.45) is 0 Å². The van der Waals surface area contributed by atoms with Crippen LogP contribution in [0.1, 0.15) is 37.4 Å². The smallest absolute Gasteiger partial charge is 0.160 e. The van der Waals surface area contributed by atoms with Crippen molar-refractivity contribution < 1.29 is 4.74 Å². The van der Waals surface area contributed by atoms with Gasteiger partial charge < -0.3 is 10.5 Å². The zero-order valence-electron chi connectivity index (χ0n) is 9.94. The van der Waals surface area contributed by atoms with Crippen molar-refractivity contribution in [3.8, 4) is 0 Å². The maximum absolute atomic E-state index is 5.94. The van der Waals surface area contributed by atoms with Crippen LogP contribution in [0.5, 0.6) is 0 Å². The summed E-state index contributed by atoms with van der Waals surface area (Å²) in [7, 11) is 0. The molecule has 0 aliphatic carbocycles. The number of nitrogen functional groups attached to an aromatic ring is 1. The van der Waals surface area contributed by atoms with Gasteiger partial charge >= 0.3 is 0 Å². The van der Waals surface area contributed by atoms with Crippen LogP contribution in [0.3, 0.4) is 0 Å². The van der Waals surface area contributed by atoms with Crippen LogP contribution in [-0.2, 0) is 4.74 Å². The third kappa shape index (κ3) is 3.03. The molecule has 94 valence electrons. The van der Waals surface area contributed by atoms with Gasteiger partial charge in [0, 0.05) is 11.5 Å². The zero-order valence-corrected chi connectivity index (χ0v) is 12.9. The van der Waals surface area contributed by atoms with E-state index in [9.17, 15) is 0 Å². The Balaban J connectivity index is 2.34. The number of anilines is 1. The van der Waals surface area contributed by atoms with Gasteiger partial charge in [-0.05, 0) is 28.5 Å². The summed E-state index contributed by atoms with van der Waals surface area (Å²) in [5, 5.41) is 0. The van der Waals surface area contributed by atoms with Gasteiger partial charge in [0.2, 0.25) is 0 Å². The quantitative estimate of drug-likeness (QED) is 0.817. The summed E-state index contributed by atoms with van der Waals surface area (Å²) in [5.41, 5.74) is 6.97. The Morgan fingerprint density at radius 1 is 1.47 bits per heavy atom. The van der Waals surface area contributed by atoms with Gasteiger partial charge in [0.25, 0.3) is 0 Å². The topological polar surface area (TPSA) is 61.0 Å². The highest BCUT2D eigenvalue weighted by Crippen LogP contribution is 2.29. The molecule has 0 spiro atoms. The molecule has 0 bridgehead atoms. The summed E-state index contributed by atoms with van der Waals surface area (Å²) in [5.74, 6) is 3.62. The Morgan fingerprint density at radius 3 is 2.82 bits per heavy atom. The lowest BCUT2D eigenvalue weighted by Crippen LogP contribution is -2.20. The zero-order chi connectivity index (χ0) is 12.4. The summed E-state index contributed by atoms with van der Waals surface area (Å²) in [6.07, 6.45) is -0.00875. The number of thioether (sulfide) groups is 1. The van der Waals surface area contributed by atoms with E-state index >= 15 is 0 Å². The van der Waals surface area contributed by atoms with Gasteiger partial charge in [-0.3, -0.25) is 0 Å². The molecule has 1 unspecified atom stereocenters. The van der Waals surface area contributed by atoms with E-state index in [1.165, 1.54) is 0 Å². The summed E-state index contributed by atoms with van der Waals surface area (Å²) in [6.45, 7) is 5.00. The molecule has 1 aromatic rings. The fourth-order valence-electron chi connectivity index (χ4n) is 1.66. The molecule has 0 aromatic carbocycles. The minimum atomic E-state index is -0.00875. The van der Waals surface area contributed by atoms with Gasteiger partial charge in [0.15, 0.2) is 5.82 Å². The van der Waals surface area contributed by atoms with Gasteiger partial charge in [0.05, 0.1) is 15.9 Å². The fourth-order valence-corrected chi connectivity index (χ4v) is 3.37. The van der Waals surface area contributed by atoms with E-state index in [1.54, 1.807) is 0 Å². The van der Waals surface area contributed by atoms with E-state index in [-0.39, 0.29) is 6.10 Å². The van der Waals surface area contributed by atoms with E-state index in [4.69, 9.17) is 10.5 Å². The van der Waals surface area contributed by atoms with Gasteiger partial charge in [-0.15, -0.1) is 0 Å². The van der Waals surface area contributed by atoms with Crippen LogP contribution in [0.4, 0.5) is 5.82 Å². The van der Waals surface area contributed by atoms with Crippen LogP contribution in [0.15, 0.2) is 0 Å². The van der Waals surface area contributed by atoms with Crippen molar-refractivity contribution >= 4 is 40.2 Å². The summed E-state index contributed by atoms with van der Waals surface area (Å²) >= 11 is 4.09. The Bertz CT molecular complexity index is 408. The second-order valence-electron chi connectivity index (χ2n) is 4.26. The van der Waals surface area contributed by atoms with Crippen LogP contribution in [0, 0.1) is 3.57 Å². The van der Waals surface area contributed by atoms with Gasteiger partial charge in [-0.2, -0.15) is 11.8 Å². The Kier molecular flexibility index (Phi) is 4.48. The van der Waals surface area contributed by atoms with Crippen LogP contribution >= 0.6 is 34.4 Å². The summed E-state index contributed by atoms with van der Waals surface area (Å²) in [6, 6.07) is 0. The van der Waals surface area contributed by atoms with Crippen molar-refractivity contribution in [3.05, 3.63) is 15.1 Å². The molecular weight excluding hydrogens is 349 g/mol. The van der Waals surface area contributed by atoms with Crippen molar-refractivity contribution in [3.63, 3.8) is 0 Å². The highest BCUT2D eigenvalue weighted by molar-refractivity contribution is 14.1. The lowest BCUT2D eigenvalue weighted by molar-refractivity contribution is 0.0693. The number of hydrogen-bond donors (Lipinski definition) is 1. The van der Waals surface area contributed by atoms with Crippen LogP contribution in [-0.4, -0.2) is 28.1 Å². The first-order valence-corrected chi connectivity index (χ1v) is 7.85. The van der Waals surface area contributed by atoms with Crippen molar-refractivity contribution in [1.29, 1.82) is 0 Å². The molecule has 0 radical (unpaired) electrons.